The summed E-state index contributed by atoms with van der Waals surface area (Å²) in [6.07, 6.45) is 7.40. The lowest BCUT2D eigenvalue weighted by atomic mass is 10.0. The molecule has 184 valence electrons. The molecule has 0 atom stereocenters. The Kier molecular flexibility index (Phi) is 7.39. The van der Waals surface area contributed by atoms with Gasteiger partial charge in [-0.15, -0.1) is 0 Å². The van der Waals surface area contributed by atoms with E-state index in [1.807, 2.05) is 22.9 Å². The van der Waals surface area contributed by atoms with Gasteiger partial charge in [0.05, 0.1) is 12.7 Å². The number of nitrogens with zero attached hydrogens (tertiary/aromatic N) is 1. The van der Waals surface area contributed by atoms with Crippen molar-refractivity contribution in [3.63, 3.8) is 0 Å². The minimum absolute atomic E-state index is 0.0990. The Labute approximate surface area is 204 Å². The van der Waals surface area contributed by atoms with Crippen LogP contribution in [0.3, 0.4) is 0 Å². The van der Waals surface area contributed by atoms with Crippen molar-refractivity contribution in [1.82, 2.24) is 9.88 Å². The monoisotopic (exact) mass is 477 g/mol. The highest BCUT2D eigenvalue weighted by molar-refractivity contribution is 5.99. The quantitative estimate of drug-likeness (QED) is 0.410. The summed E-state index contributed by atoms with van der Waals surface area (Å²) >= 11 is 0. The molecular weight excluding hydrogens is 446 g/mol. The highest BCUT2D eigenvalue weighted by Crippen LogP contribution is 2.30. The smallest absolute Gasteiger partial charge is 0.335 e. The Bertz CT molecular complexity index is 1260. The minimum Gasteiger partial charge on any atom is -0.496 e. The number of hydrogen-bond donors (Lipinski definition) is 3. The number of nitrogens with one attached hydrogen (secondary N) is 1. The van der Waals surface area contributed by atoms with Crippen LogP contribution in [0, 0.1) is 5.92 Å². The van der Waals surface area contributed by atoms with Gasteiger partial charge in [0.1, 0.15) is 5.75 Å². The van der Waals surface area contributed by atoms with Crippen molar-refractivity contribution in [2.45, 2.75) is 45.1 Å². The predicted molar refractivity (Wildman–Crippen MR) is 133 cm³/mol. The van der Waals surface area contributed by atoms with E-state index < -0.39 is 5.97 Å². The van der Waals surface area contributed by atoms with Crippen LogP contribution in [0.1, 0.15) is 63.9 Å². The molecule has 1 aliphatic carbocycles. The molecule has 2 amide bonds. The second-order valence-corrected chi connectivity index (χ2v) is 9.17. The number of nitrogens with two attached hydrogens (primary N) is 1. The van der Waals surface area contributed by atoms with E-state index in [0.717, 1.165) is 34.9 Å². The van der Waals surface area contributed by atoms with Gasteiger partial charge in [0.15, 0.2) is 0 Å². The van der Waals surface area contributed by atoms with Crippen LogP contribution in [-0.2, 0) is 17.8 Å². The Morgan fingerprint density at radius 1 is 1.09 bits per heavy atom. The number of methoxy groups -OCH3 is 1. The summed E-state index contributed by atoms with van der Waals surface area (Å²) in [5.41, 5.74) is 8.76. The maximum atomic E-state index is 12.9. The molecular formula is C27H31N3O5. The molecule has 2 aromatic carbocycles. The van der Waals surface area contributed by atoms with Crippen LogP contribution in [0.15, 0.2) is 42.6 Å². The first kappa shape index (κ1) is 24.3. The largest absolute Gasteiger partial charge is 0.496 e. The van der Waals surface area contributed by atoms with Gasteiger partial charge in [-0.05, 0) is 60.2 Å². The van der Waals surface area contributed by atoms with Crippen LogP contribution >= 0.6 is 0 Å². The number of carbonyl (C=O) groups is 3. The molecule has 1 aliphatic rings. The summed E-state index contributed by atoms with van der Waals surface area (Å²) in [5.74, 6) is -0.478. The summed E-state index contributed by atoms with van der Waals surface area (Å²) in [4.78, 5) is 35.6. The number of aromatic carboxylic acids is 1. The van der Waals surface area contributed by atoms with Crippen molar-refractivity contribution in [3.8, 4) is 5.75 Å². The van der Waals surface area contributed by atoms with Gasteiger partial charge in [-0.25, -0.2) is 4.79 Å². The molecule has 35 heavy (non-hydrogen) atoms. The molecule has 1 aromatic heterocycles. The van der Waals surface area contributed by atoms with Gasteiger partial charge in [-0.3, -0.25) is 9.59 Å². The fraction of sp³-hybridized carbons (Fsp3) is 0.370. The molecule has 4 rings (SSSR count). The third-order valence-electron chi connectivity index (χ3n) is 6.77. The third kappa shape index (κ3) is 5.65. The first-order chi connectivity index (χ1) is 16.9. The van der Waals surface area contributed by atoms with E-state index in [2.05, 4.69) is 5.32 Å². The summed E-state index contributed by atoms with van der Waals surface area (Å²) in [5, 5.41) is 13.3. The number of carboxylic acid groups (broad SMARTS) is 1. The topological polar surface area (TPSA) is 124 Å². The number of hydrogen-bond acceptors (Lipinski definition) is 4. The number of ether oxygens (including phenoxy) is 1. The third-order valence-corrected chi connectivity index (χ3v) is 6.77. The number of aromatic nitrogens is 1. The highest BCUT2D eigenvalue weighted by Gasteiger charge is 2.18. The molecule has 0 bridgehead atoms. The lowest BCUT2D eigenvalue weighted by molar-refractivity contribution is -0.118. The Morgan fingerprint density at radius 3 is 2.51 bits per heavy atom. The minimum atomic E-state index is -1.02. The second-order valence-electron chi connectivity index (χ2n) is 9.17. The summed E-state index contributed by atoms with van der Waals surface area (Å²) in [7, 11) is 1.51. The van der Waals surface area contributed by atoms with E-state index in [9.17, 15) is 19.5 Å². The van der Waals surface area contributed by atoms with Crippen molar-refractivity contribution in [2.24, 2.45) is 11.7 Å². The fourth-order valence-corrected chi connectivity index (χ4v) is 4.85. The van der Waals surface area contributed by atoms with E-state index in [-0.39, 0.29) is 23.8 Å². The number of aryl methyl sites for hydroxylation is 1. The first-order valence-corrected chi connectivity index (χ1v) is 11.9. The molecule has 4 N–H and O–H groups in total. The fourth-order valence-electron chi connectivity index (χ4n) is 4.85. The molecule has 1 fully saturated rings. The van der Waals surface area contributed by atoms with Crippen molar-refractivity contribution >= 4 is 28.7 Å². The number of carbonyl (C=O) groups excluding carboxylic acids is 2. The molecule has 8 heteroatoms. The SMILES string of the molecule is COc1cc(C(=O)O)ccc1Cc1cn(CCC(N)=O)c2ccc(C(=O)NCC3CCCC3)cc12. The van der Waals surface area contributed by atoms with Crippen molar-refractivity contribution in [2.75, 3.05) is 13.7 Å². The van der Waals surface area contributed by atoms with E-state index in [1.165, 1.54) is 26.0 Å². The van der Waals surface area contributed by atoms with Crippen LogP contribution in [0.2, 0.25) is 0 Å². The molecule has 3 aromatic rings. The van der Waals surface area contributed by atoms with Crippen molar-refractivity contribution in [1.29, 1.82) is 0 Å². The standard InChI is InChI=1S/C27H31N3O5/c1-35-24-14-20(27(33)34)7-6-18(24)12-21-16-30(11-10-25(28)31)23-9-8-19(13-22(21)23)26(32)29-15-17-4-2-3-5-17/h6-9,13-14,16-17H,2-5,10-12,15H2,1H3,(H2,28,31)(H,29,32)(H,33,34). The predicted octanol–water partition coefficient (Wildman–Crippen LogP) is 3.73. The van der Waals surface area contributed by atoms with Gasteiger partial charge >= 0.3 is 5.97 Å². The van der Waals surface area contributed by atoms with Crippen LogP contribution in [0.4, 0.5) is 0 Å². The Hall–Kier alpha value is -3.81. The molecule has 1 saturated carbocycles. The van der Waals surface area contributed by atoms with Gasteiger partial charge in [0.25, 0.3) is 5.91 Å². The molecule has 8 nitrogen and oxygen atoms in total. The molecule has 0 radical (unpaired) electrons. The highest BCUT2D eigenvalue weighted by atomic mass is 16.5. The van der Waals surface area contributed by atoms with Gasteiger partial charge in [-0.1, -0.05) is 18.9 Å². The molecule has 0 aliphatic heterocycles. The van der Waals surface area contributed by atoms with Crippen LogP contribution in [0.5, 0.6) is 5.75 Å². The molecule has 1 heterocycles. The summed E-state index contributed by atoms with van der Waals surface area (Å²) < 4.78 is 7.42. The number of fused-ring (bicyclic) bond motifs is 1. The number of amides is 2. The molecule has 0 saturated heterocycles. The lowest BCUT2D eigenvalue weighted by Gasteiger charge is -2.11. The van der Waals surface area contributed by atoms with Crippen molar-refractivity contribution < 1.29 is 24.2 Å². The van der Waals surface area contributed by atoms with E-state index >= 15 is 0 Å². The van der Waals surface area contributed by atoms with E-state index in [1.54, 1.807) is 18.2 Å². The number of benzene rings is 2. The first-order valence-electron chi connectivity index (χ1n) is 11.9. The van der Waals surface area contributed by atoms with E-state index in [0.29, 0.717) is 36.7 Å². The molecule has 0 unspecified atom stereocenters. The summed E-state index contributed by atoms with van der Waals surface area (Å²) in [6, 6.07) is 10.4. The second kappa shape index (κ2) is 10.6. The number of primary amides is 1. The number of rotatable bonds is 10. The van der Waals surface area contributed by atoms with Crippen LogP contribution in [-0.4, -0.2) is 41.1 Å². The maximum absolute atomic E-state index is 12.9. The van der Waals surface area contributed by atoms with Crippen molar-refractivity contribution in [3.05, 3.63) is 64.8 Å². The van der Waals surface area contributed by atoms with Gasteiger partial charge < -0.3 is 25.5 Å². The van der Waals surface area contributed by atoms with Gasteiger partial charge in [-0.2, -0.15) is 0 Å². The normalized spacial score (nSPS) is 13.7. The summed E-state index contributed by atoms with van der Waals surface area (Å²) in [6.45, 7) is 1.12. The van der Waals surface area contributed by atoms with Gasteiger partial charge in [0, 0.05) is 48.6 Å². The Balaban J connectivity index is 1.66. The maximum Gasteiger partial charge on any atom is 0.335 e. The average molecular weight is 478 g/mol. The van der Waals surface area contributed by atoms with Crippen LogP contribution < -0.4 is 15.8 Å². The zero-order valence-electron chi connectivity index (χ0n) is 19.9. The van der Waals surface area contributed by atoms with Crippen LogP contribution in [0.25, 0.3) is 10.9 Å². The lowest BCUT2D eigenvalue weighted by Crippen LogP contribution is -2.28. The zero-order valence-corrected chi connectivity index (χ0v) is 19.9. The average Bonchev–Trinajstić information content (AvgIpc) is 3.49. The zero-order chi connectivity index (χ0) is 24.9. The van der Waals surface area contributed by atoms with Gasteiger partial charge in [0.2, 0.25) is 5.91 Å². The molecule has 0 spiro atoms. The Morgan fingerprint density at radius 2 is 1.83 bits per heavy atom. The number of carboxylic acids is 1. The van der Waals surface area contributed by atoms with E-state index in [4.69, 9.17) is 10.5 Å².